The zero-order valence-corrected chi connectivity index (χ0v) is 11.5. The van der Waals surface area contributed by atoms with Crippen molar-refractivity contribution in [3.05, 3.63) is 28.5 Å². The van der Waals surface area contributed by atoms with Crippen molar-refractivity contribution in [3.8, 4) is 5.75 Å². The van der Waals surface area contributed by atoms with Gasteiger partial charge < -0.3 is 10.1 Å². The minimum absolute atomic E-state index is 0.101. The van der Waals surface area contributed by atoms with Crippen LogP contribution in [0.15, 0.2) is 22.7 Å². The van der Waals surface area contributed by atoms with Gasteiger partial charge in [0.1, 0.15) is 17.7 Å². The van der Waals surface area contributed by atoms with Gasteiger partial charge in [0.25, 0.3) is 0 Å². The standard InChI is InChI=1S/C13H17BrFNO/c1-2-12(8-16-11-3-4-11)17-13-6-9(14)5-10(15)7-13/h5-7,11-12,16H,2-4,8H2,1H3. The van der Waals surface area contributed by atoms with E-state index in [-0.39, 0.29) is 11.9 Å². The number of rotatable bonds is 6. The first-order valence-electron chi connectivity index (χ1n) is 6.03. The summed E-state index contributed by atoms with van der Waals surface area (Å²) in [4.78, 5) is 0. The summed E-state index contributed by atoms with van der Waals surface area (Å²) in [6, 6.07) is 5.32. The monoisotopic (exact) mass is 301 g/mol. The molecule has 1 aliphatic rings. The van der Waals surface area contributed by atoms with E-state index >= 15 is 0 Å². The first-order chi connectivity index (χ1) is 8.17. The Morgan fingerprint density at radius 1 is 1.47 bits per heavy atom. The van der Waals surface area contributed by atoms with Gasteiger partial charge in [0.15, 0.2) is 0 Å². The molecule has 4 heteroatoms. The molecule has 1 aromatic rings. The average Bonchev–Trinajstić information content (AvgIpc) is 3.06. The largest absolute Gasteiger partial charge is 0.489 e. The van der Waals surface area contributed by atoms with E-state index in [2.05, 4.69) is 28.2 Å². The molecule has 0 bridgehead atoms. The van der Waals surface area contributed by atoms with E-state index in [1.807, 2.05) is 0 Å². The maximum absolute atomic E-state index is 13.2. The number of benzene rings is 1. The fourth-order valence-electron chi connectivity index (χ4n) is 1.64. The first kappa shape index (κ1) is 12.8. The van der Waals surface area contributed by atoms with E-state index in [9.17, 15) is 4.39 Å². The Kier molecular flexibility index (Phi) is 4.40. The van der Waals surface area contributed by atoms with Crippen LogP contribution in [0, 0.1) is 5.82 Å². The highest BCUT2D eigenvalue weighted by atomic mass is 79.9. The molecule has 0 aromatic heterocycles. The lowest BCUT2D eigenvalue weighted by atomic mass is 10.2. The molecule has 0 aliphatic heterocycles. The number of ether oxygens (including phenoxy) is 1. The molecule has 2 nitrogen and oxygen atoms in total. The second kappa shape index (κ2) is 5.83. The van der Waals surface area contributed by atoms with Crippen LogP contribution in [0.5, 0.6) is 5.75 Å². The van der Waals surface area contributed by atoms with Crippen LogP contribution in [0.3, 0.4) is 0 Å². The Hall–Kier alpha value is -0.610. The number of hydrogen-bond acceptors (Lipinski definition) is 2. The van der Waals surface area contributed by atoms with Crippen molar-refractivity contribution in [1.29, 1.82) is 0 Å². The molecular weight excluding hydrogens is 285 g/mol. The zero-order valence-electron chi connectivity index (χ0n) is 9.88. The lowest BCUT2D eigenvalue weighted by molar-refractivity contribution is 0.192. The minimum atomic E-state index is -0.278. The summed E-state index contributed by atoms with van der Waals surface area (Å²) in [5.41, 5.74) is 0. The molecule has 17 heavy (non-hydrogen) atoms. The highest BCUT2D eigenvalue weighted by molar-refractivity contribution is 9.10. The Labute approximate surface area is 110 Å². The smallest absolute Gasteiger partial charge is 0.128 e. The summed E-state index contributed by atoms with van der Waals surface area (Å²) in [6.45, 7) is 2.91. The van der Waals surface area contributed by atoms with E-state index in [1.165, 1.54) is 25.0 Å². The van der Waals surface area contributed by atoms with Crippen LogP contribution in [0.1, 0.15) is 26.2 Å². The third-order valence-electron chi connectivity index (χ3n) is 2.81. The van der Waals surface area contributed by atoms with Crippen molar-refractivity contribution in [2.75, 3.05) is 6.54 Å². The molecule has 1 unspecified atom stereocenters. The van der Waals surface area contributed by atoms with Gasteiger partial charge in [0.05, 0.1) is 0 Å². The van der Waals surface area contributed by atoms with Crippen LogP contribution in [0.2, 0.25) is 0 Å². The predicted octanol–water partition coefficient (Wildman–Crippen LogP) is 3.50. The van der Waals surface area contributed by atoms with E-state index in [0.29, 0.717) is 16.3 Å². The molecule has 1 aromatic carbocycles. The van der Waals surface area contributed by atoms with Gasteiger partial charge in [-0.05, 0) is 31.4 Å². The van der Waals surface area contributed by atoms with Crippen molar-refractivity contribution in [3.63, 3.8) is 0 Å². The summed E-state index contributed by atoms with van der Waals surface area (Å²) in [5, 5.41) is 3.43. The fraction of sp³-hybridized carbons (Fsp3) is 0.538. The minimum Gasteiger partial charge on any atom is -0.489 e. The first-order valence-corrected chi connectivity index (χ1v) is 6.83. The third-order valence-corrected chi connectivity index (χ3v) is 3.26. The van der Waals surface area contributed by atoms with Crippen LogP contribution in [0.4, 0.5) is 4.39 Å². The second-order valence-corrected chi connectivity index (χ2v) is 5.35. The van der Waals surface area contributed by atoms with E-state index < -0.39 is 0 Å². The Morgan fingerprint density at radius 3 is 2.82 bits per heavy atom. The predicted molar refractivity (Wildman–Crippen MR) is 69.8 cm³/mol. The van der Waals surface area contributed by atoms with Crippen molar-refractivity contribution in [2.24, 2.45) is 0 Å². The van der Waals surface area contributed by atoms with Gasteiger partial charge in [0.2, 0.25) is 0 Å². The second-order valence-electron chi connectivity index (χ2n) is 4.44. The van der Waals surface area contributed by atoms with Gasteiger partial charge in [-0.2, -0.15) is 0 Å². The molecule has 0 radical (unpaired) electrons. The summed E-state index contributed by atoms with van der Waals surface area (Å²) >= 11 is 3.26. The fourth-order valence-corrected chi connectivity index (χ4v) is 2.09. The van der Waals surface area contributed by atoms with E-state index in [1.54, 1.807) is 6.07 Å². The molecule has 1 atom stereocenters. The van der Waals surface area contributed by atoms with E-state index in [4.69, 9.17) is 4.74 Å². The van der Waals surface area contributed by atoms with Crippen molar-refractivity contribution >= 4 is 15.9 Å². The van der Waals surface area contributed by atoms with Gasteiger partial charge in [-0.3, -0.25) is 0 Å². The Morgan fingerprint density at radius 2 is 2.24 bits per heavy atom. The molecule has 1 N–H and O–H groups in total. The molecule has 0 saturated heterocycles. The van der Waals surface area contributed by atoms with Gasteiger partial charge in [-0.15, -0.1) is 0 Å². The highest BCUT2D eigenvalue weighted by Gasteiger charge is 2.22. The van der Waals surface area contributed by atoms with Crippen LogP contribution >= 0.6 is 15.9 Å². The van der Waals surface area contributed by atoms with E-state index in [0.717, 1.165) is 13.0 Å². The quantitative estimate of drug-likeness (QED) is 0.868. The molecule has 1 aliphatic carbocycles. The lowest BCUT2D eigenvalue weighted by Gasteiger charge is -2.18. The normalized spacial score (nSPS) is 16.9. The van der Waals surface area contributed by atoms with Crippen molar-refractivity contribution in [2.45, 2.75) is 38.3 Å². The van der Waals surface area contributed by atoms with Crippen LogP contribution in [-0.2, 0) is 0 Å². The van der Waals surface area contributed by atoms with Gasteiger partial charge in [-0.25, -0.2) is 4.39 Å². The van der Waals surface area contributed by atoms with Crippen LogP contribution in [0.25, 0.3) is 0 Å². The lowest BCUT2D eigenvalue weighted by Crippen LogP contribution is -2.32. The molecule has 0 heterocycles. The molecule has 1 fully saturated rings. The molecule has 94 valence electrons. The molecule has 0 amide bonds. The van der Waals surface area contributed by atoms with Gasteiger partial charge in [-0.1, -0.05) is 22.9 Å². The van der Waals surface area contributed by atoms with Crippen LogP contribution < -0.4 is 10.1 Å². The summed E-state index contributed by atoms with van der Waals surface area (Å²) in [5.74, 6) is 0.306. The molecular formula is C13H17BrFNO. The third kappa shape index (κ3) is 4.28. The maximum Gasteiger partial charge on any atom is 0.128 e. The average molecular weight is 302 g/mol. The number of nitrogens with one attached hydrogen (secondary N) is 1. The maximum atomic E-state index is 13.2. The zero-order chi connectivity index (χ0) is 12.3. The topological polar surface area (TPSA) is 21.3 Å². The summed E-state index contributed by atoms with van der Waals surface area (Å²) < 4.78 is 19.7. The van der Waals surface area contributed by atoms with Crippen molar-refractivity contribution < 1.29 is 9.13 Å². The number of hydrogen-bond donors (Lipinski definition) is 1. The summed E-state index contributed by atoms with van der Waals surface area (Å²) in [7, 11) is 0. The molecule has 2 rings (SSSR count). The SMILES string of the molecule is CCC(CNC1CC1)Oc1cc(F)cc(Br)c1. The van der Waals surface area contributed by atoms with Gasteiger partial charge in [0, 0.05) is 23.1 Å². The Balaban J connectivity index is 1.91. The van der Waals surface area contributed by atoms with Gasteiger partial charge >= 0.3 is 0 Å². The molecule has 1 saturated carbocycles. The van der Waals surface area contributed by atoms with Crippen LogP contribution in [-0.4, -0.2) is 18.7 Å². The number of halogens is 2. The highest BCUT2D eigenvalue weighted by Crippen LogP contribution is 2.23. The Bertz CT molecular complexity index is 361. The van der Waals surface area contributed by atoms with Crippen molar-refractivity contribution in [1.82, 2.24) is 5.32 Å². The summed E-state index contributed by atoms with van der Waals surface area (Å²) in [6.07, 6.45) is 3.54. The molecule has 0 spiro atoms.